The van der Waals surface area contributed by atoms with Gasteiger partial charge in [0, 0.05) is 38.2 Å². The molecule has 1 aliphatic heterocycles. The number of carbonyl (C=O) groups excluding carboxylic acids is 3. The number of imide groups is 1. The summed E-state index contributed by atoms with van der Waals surface area (Å²) >= 11 is 0.964. The molecule has 0 radical (unpaired) electrons. The fourth-order valence-corrected chi connectivity index (χ4v) is 2.63. The number of carbonyl (C=O) groups is 3. The van der Waals surface area contributed by atoms with Gasteiger partial charge in [-0.25, -0.2) is 0 Å². The molecular formula is C15H15N5O3S. The summed E-state index contributed by atoms with van der Waals surface area (Å²) in [6.07, 6.45) is 4.53. The zero-order chi connectivity index (χ0) is 17.4. The standard InChI is InChI=1S/C15H15N5O3S/c16-6-12(14(22)19-8-11-2-1-3-17-7-11)9-18-4-5-20-13(21)10-24-15(20)23/h1-3,7,9,18H,4-5,8,10H2,(H,19,22)/b12-9-. The normalized spacial score (nSPS) is 14.5. The summed E-state index contributed by atoms with van der Waals surface area (Å²) in [6.45, 7) is 0.718. The molecule has 0 saturated carbocycles. The molecule has 0 aliphatic carbocycles. The zero-order valence-corrected chi connectivity index (χ0v) is 13.5. The number of nitrogens with one attached hydrogen (secondary N) is 2. The second kappa shape index (κ2) is 8.69. The number of amides is 3. The van der Waals surface area contributed by atoms with Gasteiger partial charge in [0.1, 0.15) is 11.6 Å². The monoisotopic (exact) mass is 345 g/mol. The summed E-state index contributed by atoms with van der Waals surface area (Å²) in [4.78, 5) is 39.8. The van der Waals surface area contributed by atoms with Gasteiger partial charge >= 0.3 is 0 Å². The lowest BCUT2D eigenvalue weighted by Crippen LogP contribution is -2.34. The number of aromatic nitrogens is 1. The highest BCUT2D eigenvalue weighted by Crippen LogP contribution is 2.17. The summed E-state index contributed by atoms with van der Waals surface area (Å²) in [5.41, 5.74) is 0.729. The molecule has 0 atom stereocenters. The molecule has 1 saturated heterocycles. The molecule has 1 fully saturated rings. The minimum atomic E-state index is -0.516. The highest BCUT2D eigenvalue weighted by molar-refractivity contribution is 8.14. The van der Waals surface area contributed by atoms with Crippen LogP contribution in [0.15, 0.2) is 36.3 Å². The van der Waals surface area contributed by atoms with E-state index < -0.39 is 5.91 Å². The topological polar surface area (TPSA) is 115 Å². The van der Waals surface area contributed by atoms with Crippen LogP contribution in [0.2, 0.25) is 0 Å². The Morgan fingerprint density at radius 2 is 2.33 bits per heavy atom. The van der Waals surface area contributed by atoms with E-state index in [0.29, 0.717) is 0 Å². The first-order chi connectivity index (χ1) is 11.6. The Kier molecular flexibility index (Phi) is 6.33. The van der Waals surface area contributed by atoms with Crippen molar-refractivity contribution in [3.05, 3.63) is 41.9 Å². The highest BCUT2D eigenvalue weighted by Gasteiger charge is 2.28. The van der Waals surface area contributed by atoms with E-state index in [1.807, 2.05) is 6.07 Å². The number of hydrogen-bond acceptors (Lipinski definition) is 7. The van der Waals surface area contributed by atoms with Gasteiger partial charge in [0.15, 0.2) is 0 Å². The van der Waals surface area contributed by atoms with Crippen molar-refractivity contribution < 1.29 is 14.4 Å². The predicted octanol–water partition coefficient (Wildman–Crippen LogP) is 0.390. The predicted molar refractivity (Wildman–Crippen MR) is 87.3 cm³/mol. The van der Waals surface area contributed by atoms with Crippen LogP contribution >= 0.6 is 11.8 Å². The van der Waals surface area contributed by atoms with Crippen molar-refractivity contribution in [1.29, 1.82) is 5.26 Å². The maximum atomic E-state index is 11.9. The number of rotatable bonds is 7. The fraction of sp³-hybridized carbons (Fsp3) is 0.267. The average Bonchev–Trinajstić information content (AvgIpc) is 2.92. The van der Waals surface area contributed by atoms with E-state index in [1.54, 1.807) is 24.5 Å². The van der Waals surface area contributed by atoms with Crippen molar-refractivity contribution >= 4 is 28.8 Å². The minimum Gasteiger partial charge on any atom is -0.388 e. The molecule has 1 aromatic heterocycles. The third-order valence-electron chi connectivity index (χ3n) is 3.11. The maximum Gasteiger partial charge on any atom is 0.288 e. The molecule has 3 amide bonds. The van der Waals surface area contributed by atoms with Crippen LogP contribution in [0.25, 0.3) is 0 Å². The van der Waals surface area contributed by atoms with Gasteiger partial charge < -0.3 is 10.6 Å². The van der Waals surface area contributed by atoms with Crippen molar-refractivity contribution in [3.63, 3.8) is 0 Å². The van der Waals surface area contributed by atoms with Gasteiger partial charge in [-0.3, -0.25) is 24.3 Å². The van der Waals surface area contributed by atoms with Gasteiger partial charge in [0.2, 0.25) is 5.91 Å². The second-order valence-corrected chi connectivity index (χ2v) is 5.69. The number of pyridine rings is 1. The second-order valence-electron chi connectivity index (χ2n) is 4.77. The van der Waals surface area contributed by atoms with Crippen LogP contribution in [0.1, 0.15) is 5.56 Å². The van der Waals surface area contributed by atoms with Crippen LogP contribution in [0.5, 0.6) is 0 Å². The summed E-state index contributed by atoms with van der Waals surface area (Å²) in [5.74, 6) is -0.585. The maximum absolute atomic E-state index is 11.9. The Hall–Kier alpha value is -2.86. The summed E-state index contributed by atoms with van der Waals surface area (Å²) < 4.78 is 0. The average molecular weight is 345 g/mol. The van der Waals surface area contributed by atoms with Gasteiger partial charge in [-0.15, -0.1) is 0 Å². The third-order valence-corrected chi connectivity index (χ3v) is 3.97. The number of thioether (sulfide) groups is 1. The van der Waals surface area contributed by atoms with Crippen LogP contribution in [-0.2, 0) is 16.1 Å². The quantitative estimate of drug-likeness (QED) is 0.417. The lowest BCUT2D eigenvalue weighted by atomic mass is 10.2. The Labute approximate surface area is 142 Å². The molecule has 1 aliphatic rings. The van der Waals surface area contributed by atoms with E-state index in [2.05, 4.69) is 15.6 Å². The van der Waals surface area contributed by atoms with Crippen molar-refractivity contribution in [3.8, 4) is 6.07 Å². The number of nitrogens with zero attached hydrogens (tertiary/aromatic N) is 3. The summed E-state index contributed by atoms with van der Waals surface area (Å²) in [5, 5.41) is 14.1. The molecule has 0 aromatic carbocycles. The molecule has 9 heteroatoms. The molecule has 0 unspecified atom stereocenters. The van der Waals surface area contributed by atoms with Crippen molar-refractivity contribution in [2.75, 3.05) is 18.8 Å². The van der Waals surface area contributed by atoms with Gasteiger partial charge in [-0.2, -0.15) is 5.26 Å². The van der Waals surface area contributed by atoms with Crippen molar-refractivity contribution in [2.45, 2.75) is 6.54 Å². The van der Waals surface area contributed by atoms with E-state index in [-0.39, 0.29) is 42.1 Å². The van der Waals surface area contributed by atoms with Gasteiger partial charge in [-0.1, -0.05) is 17.8 Å². The van der Waals surface area contributed by atoms with Crippen LogP contribution in [0.4, 0.5) is 4.79 Å². The van der Waals surface area contributed by atoms with Gasteiger partial charge in [0.25, 0.3) is 11.1 Å². The van der Waals surface area contributed by atoms with Crippen molar-refractivity contribution in [2.24, 2.45) is 0 Å². The Balaban J connectivity index is 1.78. The molecule has 2 N–H and O–H groups in total. The van der Waals surface area contributed by atoms with E-state index in [1.165, 1.54) is 6.20 Å². The van der Waals surface area contributed by atoms with Crippen molar-refractivity contribution in [1.82, 2.24) is 20.5 Å². The molecule has 24 heavy (non-hydrogen) atoms. The Morgan fingerprint density at radius 3 is 2.96 bits per heavy atom. The number of hydrogen-bond donors (Lipinski definition) is 2. The van der Waals surface area contributed by atoms with Gasteiger partial charge in [-0.05, 0) is 11.6 Å². The molecular weight excluding hydrogens is 330 g/mol. The molecule has 0 spiro atoms. The first-order valence-corrected chi connectivity index (χ1v) is 8.08. The Bertz CT molecular complexity index is 683. The van der Waals surface area contributed by atoms with Gasteiger partial charge in [0.05, 0.1) is 5.75 Å². The van der Waals surface area contributed by atoms with E-state index >= 15 is 0 Å². The Morgan fingerprint density at radius 1 is 1.50 bits per heavy atom. The summed E-state index contributed by atoms with van der Waals surface area (Å²) in [6, 6.07) is 5.37. The van der Waals surface area contributed by atoms with Crippen LogP contribution in [0, 0.1) is 11.3 Å². The summed E-state index contributed by atoms with van der Waals surface area (Å²) in [7, 11) is 0. The SMILES string of the molecule is N#C/C(=C/NCCN1C(=O)CSC1=O)C(=O)NCc1cccnc1. The smallest absolute Gasteiger partial charge is 0.288 e. The third kappa shape index (κ3) is 4.82. The highest BCUT2D eigenvalue weighted by atomic mass is 32.2. The largest absolute Gasteiger partial charge is 0.388 e. The minimum absolute atomic E-state index is 0.0904. The van der Waals surface area contributed by atoms with Crippen LogP contribution in [-0.4, -0.2) is 45.8 Å². The first-order valence-electron chi connectivity index (χ1n) is 7.09. The molecule has 1 aromatic rings. The molecule has 0 bridgehead atoms. The van der Waals surface area contributed by atoms with Crippen LogP contribution < -0.4 is 10.6 Å². The number of nitriles is 1. The fourth-order valence-electron chi connectivity index (χ4n) is 1.88. The molecule has 124 valence electrons. The lowest BCUT2D eigenvalue weighted by molar-refractivity contribution is -0.124. The van der Waals surface area contributed by atoms with Crippen LogP contribution in [0.3, 0.4) is 0 Å². The molecule has 8 nitrogen and oxygen atoms in total. The van der Waals surface area contributed by atoms with E-state index in [0.717, 1.165) is 22.2 Å². The van der Waals surface area contributed by atoms with E-state index in [4.69, 9.17) is 5.26 Å². The zero-order valence-electron chi connectivity index (χ0n) is 12.7. The lowest BCUT2D eigenvalue weighted by Gasteiger charge is -2.12. The molecule has 2 heterocycles. The van der Waals surface area contributed by atoms with E-state index in [9.17, 15) is 14.4 Å². The molecule has 2 rings (SSSR count). The first kappa shape index (κ1) is 17.5.